The van der Waals surface area contributed by atoms with E-state index in [-0.39, 0.29) is 5.57 Å². The van der Waals surface area contributed by atoms with Crippen molar-refractivity contribution in [3.63, 3.8) is 0 Å². The minimum atomic E-state index is -4.58. The normalized spacial score (nSPS) is 13.6. The van der Waals surface area contributed by atoms with E-state index in [0.717, 1.165) is 0 Å². The molecule has 0 saturated carbocycles. The summed E-state index contributed by atoms with van der Waals surface area (Å²) >= 11 is 0. The highest BCUT2D eigenvalue weighted by Crippen LogP contribution is 2.24. The summed E-state index contributed by atoms with van der Waals surface area (Å²) in [6, 6.07) is 0. The fourth-order valence-electron chi connectivity index (χ4n) is 0.552. The maximum Gasteiger partial charge on any atom is 0.418 e. The number of aliphatic hydroxyl groups excluding tert-OH is 1. The first-order valence-corrected chi connectivity index (χ1v) is 3.02. The van der Waals surface area contributed by atoms with E-state index in [4.69, 9.17) is 5.11 Å². The molecule has 0 aliphatic carbocycles. The lowest BCUT2D eigenvalue weighted by molar-refractivity contribution is -0.191. The van der Waals surface area contributed by atoms with E-state index in [1.165, 1.54) is 19.9 Å². The Morgan fingerprint density at radius 2 is 2.00 bits per heavy atom. The smallest absolute Gasteiger partial charge is 0.379 e. The summed E-state index contributed by atoms with van der Waals surface area (Å²) in [6.07, 6.45) is -5.65. The van der Waals surface area contributed by atoms with Crippen molar-refractivity contribution in [2.45, 2.75) is 26.1 Å². The Morgan fingerprint density at radius 3 is 2.27 bits per heavy atom. The van der Waals surface area contributed by atoms with Gasteiger partial charge in [-0.2, -0.15) is 13.2 Å². The summed E-state index contributed by atoms with van der Waals surface area (Å²) < 4.78 is 35.1. The van der Waals surface area contributed by atoms with Gasteiger partial charge in [0, 0.05) is 5.57 Å². The minimum absolute atomic E-state index is 0.222. The lowest BCUT2D eigenvalue weighted by atomic mass is 10.2. The van der Waals surface area contributed by atoms with Crippen molar-refractivity contribution < 1.29 is 18.3 Å². The van der Waals surface area contributed by atoms with Gasteiger partial charge in [0.1, 0.15) is 0 Å². The third-order valence-electron chi connectivity index (χ3n) is 1.09. The monoisotopic (exact) mass is 166 g/mol. The molecule has 0 fully saturated rings. The first-order chi connectivity index (χ1) is 4.89. The van der Waals surface area contributed by atoms with Gasteiger partial charge < -0.3 is 5.11 Å². The summed E-state index contributed by atoms with van der Waals surface area (Å²) in [5, 5.41) is 8.54. The van der Waals surface area contributed by atoms with Gasteiger partial charge in [-0.3, -0.25) is 0 Å². The maximum atomic E-state index is 11.7. The molecule has 0 amide bonds. The Balaban J connectivity index is 4.51. The van der Waals surface area contributed by atoms with E-state index in [2.05, 4.69) is 5.73 Å². The van der Waals surface area contributed by atoms with Crippen LogP contribution in [-0.2, 0) is 0 Å². The van der Waals surface area contributed by atoms with Crippen LogP contribution in [0.5, 0.6) is 0 Å². The van der Waals surface area contributed by atoms with Gasteiger partial charge in [-0.15, -0.1) is 5.73 Å². The van der Waals surface area contributed by atoms with Crippen LogP contribution in [0.25, 0.3) is 0 Å². The lowest BCUT2D eigenvalue weighted by Crippen LogP contribution is -2.29. The molecule has 0 aliphatic rings. The zero-order valence-corrected chi connectivity index (χ0v) is 6.24. The first kappa shape index (κ1) is 10.3. The van der Waals surface area contributed by atoms with Crippen LogP contribution >= 0.6 is 0 Å². The van der Waals surface area contributed by atoms with Crippen LogP contribution in [0.2, 0.25) is 0 Å². The van der Waals surface area contributed by atoms with Gasteiger partial charge in [-0.05, 0) is 19.9 Å². The molecule has 1 atom stereocenters. The predicted molar refractivity (Wildman–Crippen MR) is 35.0 cm³/mol. The Kier molecular flexibility index (Phi) is 3.36. The van der Waals surface area contributed by atoms with Gasteiger partial charge in [0.2, 0.25) is 0 Å². The molecule has 0 aromatic carbocycles. The number of hydrogen-bond acceptors (Lipinski definition) is 1. The SMILES string of the molecule is CC=C=C(C)C(O)C(F)(F)F. The van der Waals surface area contributed by atoms with E-state index in [1.54, 1.807) is 0 Å². The number of halogens is 3. The fourth-order valence-corrected chi connectivity index (χ4v) is 0.552. The fraction of sp³-hybridized carbons (Fsp3) is 0.571. The molecule has 0 aromatic rings. The Bertz CT molecular complexity index is 186. The number of alkyl halides is 3. The largest absolute Gasteiger partial charge is 0.418 e. The van der Waals surface area contributed by atoms with Gasteiger partial charge in [0.25, 0.3) is 0 Å². The van der Waals surface area contributed by atoms with Crippen molar-refractivity contribution in [3.05, 3.63) is 17.4 Å². The third kappa shape index (κ3) is 3.25. The molecule has 0 saturated heterocycles. The molecular formula is C7H9F3O. The molecule has 4 heteroatoms. The summed E-state index contributed by atoms with van der Waals surface area (Å²) in [5.41, 5.74) is 2.05. The maximum absolute atomic E-state index is 11.7. The number of hydrogen-bond donors (Lipinski definition) is 1. The van der Waals surface area contributed by atoms with E-state index in [0.29, 0.717) is 0 Å². The molecule has 0 radical (unpaired) electrons. The van der Waals surface area contributed by atoms with Crippen LogP contribution in [-0.4, -0.2) is 17.4 Å². The first-order valence-electron chi connectivity index (χ1n) is 3.02. The molecule has 0 bridgehead atoms. The van der Waals surface area contributed by atoms with Crippen molar-refractivity contribution in [2.75, 3.05) is 0 Å². The average molecular weight is 166 g/mol. The van der Waals surface area contributed by atoms with Gasteiger partial charge in [-0.1, -0.05) is 0 Å². The summed E-state index contributed by atoms with van der Waals surface area (Å²) in [4.78, 5) is 0. The highest BCUT2D eigenvalue weighted by Gasteiger charge is 2.39. The van der Waals surface area contributed by atoms with Crippen LogP contribution in [0.3, 0.4) is 0 Å². The quantitative estimate of drug-likeness (QED) is 0.591. The number of aliphatic hydroxyl groups is 1. The molecule has 1 nitrogen and oxygen atoms in total. The molecule has 0 spiro atoms. The van der Waals surface area contributed by atoms with Crippen LogP contribution in [0.1, 0.15) is 13.8 Å². The average Bonchev–Trinajstić information content (AvgIpc) is 1.85. The van der Waals surface area contributed by atoms with Gasteiger partial charge in [0.05, 0.1) is 0 Å². The summed E-state index contributed by atoms with van der Waals surface area (Å²) in [6.45, 7) is 2.71. The van der Waals surface area contributed by atoms with Crippen molar-refractivity contribution in [2.24, 2.45) is 0 Å². The van der Waals surface area contributed by atoms with Crippen LogP contribution in [0.15, 0.2) is 17.4 Å². The van der Waals surface area contributed by atoms with Crippen LogP contribution < -0.4 is 0 Å². The van der Waals surface area contributed by atoms with Crippen LogP contribution in [0, 0.1) is 0 Å². The van der Waals surface area contributed by atoms with Crippen molar-refractivity contribution >= 4 is 0 Å². The van der Waals surface area contributed by atoms with Crippen molar-refractivity contribution in [1.29, 1.82) is 0 Å². The van der Waals surface area contributed by atoms with Crippen LogP contribution in [0.4, 0.5) is 13.2 Å². The molecular weight excluding hydrogens is 157 g/mol. The van der Waals surface area contributed by atoms with E-state index in [9.17, 15) is 13.2 Å². The zero-order chi connectivity index (χ0) is 9.07. The second-order valence-corrected chi connectivity index (χ2v) is 2.06. The van der Waals surface area contributed by atoms with Gasteiger partial charge in [0.15, 0.2) is 6.10 Å². The van der Waals surface area contributed by atoms with E-state index in [1.807, 2.05) is 0 Å². The Labute approximate surface area is 62.8 Å². The third-order valence-corrected chi connectivity index (χ3v) is 1.09. The topological polar surface area (TPSA) is 20.2 Å². The second-order valence-electron chi connectivity index (χ2n) is 2.06. The van der Waals surface area contributed by atoms with Crippen molar-refractivity contribution in [3.8, 4) is 0 Å². The molecule has 64 valence electrons. The standard InChI is InChI=1S/C7H9F3O/c1-3-4-5(2)6(11)7(8,9)10/h3,6,11H,1-2H3. The lowest BCUT2D eigenvalue weighted by Gasteiger charge is -2.12. The highest BCUT2D eigenvalue weighted by molar-refractivity contribution is 5.06. The molecule has 0 aromatic heterocycles. The minimum Gasteiger partial charge on any atom is -0.379 e. The summed E-state index contributed by atoms with van der Waals surface area (Å²) in [5.74, 6) is 0. The zero-order valence-electron chi connectivity index (χ0n) is 6.24. The molecule has 0 rings (SSSR count). The summed E-state index contributed by atoms with van der Waals surface area (Å²) in [7, 11) is 0. The van der Waals surface area contributed by atoms with Gasteiger partial charge >= 0.3 is 6.18 Å². The van der Waals surface area contributed by atoms with Crippen molar-refractivity contribution in [1.82, 2.24) is 0 Å². The molecule has 11 heavy (non-hydrogen) atoms. The molecule has 1 N–H and O–H groups in total. The Morgan fingerprint density at radius 1 is 1.55 bits per heavy atom. The Hall–Kier alpha value is -0.730. The molecule has 1 unspecified atom stereocenters. The number of rotatable bonds is 1. The highest BCUT2D eigenvalue weighted by atomic mass is 19.4. The van der Waals surface area contributed by atoms with E-state index < -0.39 is 12.3 Å². The van der Waals surface area contributed by atoms with E-state index >= 15 is 0 Å². The molecule has 0 heterocycles. The second kappa shape index (κ2) is 3.60. The van der Waals surface area contributed by atoms with Gasteiger partial charge in [-0.25, -0.2) is 0 Å². The predicted octanol–water partition coefficient (Wildman–Crippen LogP) is 2.03. The molecule has 0 aliphatic heterocycles.